The van der Waals surface area contributed by atoms with Crippen molar-refractivity contribution in [3.8, 4) is 0 Å². The van der Waals surface area contributed by atoms with Crippen LogP contribution in [0.25, 0.3) is 0 Å². The summed E-state index contributed by atoms with van der Waals surface area (Å²) in [5, 5.41) is 0. The second kappa shape index (κ2) is 6.02. The van der Waals surface area contributed by atoms with Crippen molar-refractivity contribution in [3.63, 3.8) is 0 Å². The van der Waals surface area contributed by atoms with Gasteiger partial charge in [-0.05, 0) is 6.54 Å². The smallest absolute Gasteiger partial charge is 0.285 e. The predicted octanol–water partition coefficient (Wildman–Crippen LogP) is 2.39. The Hall–Kier alpha value is -1.07. The summed E-state index contributed by atoms with van der Waals surface area (Å²) in [6.07, 6.45) is 0. The molecule has 1 rings (SSSR count). The molecule has 0 aliphatic heterocycles. The number of nitrogens with zero attached hydrogens (tertiary/aromatic N) is 1. The molecule has 0 saturated heterocycles. The Kier molecular flexibility index (Phi) is 4.96. The highest BCUT2D eigenvalue weighted by Gasteiger charge is 2.33. The van der Waals surface area contributed by atoms with E-state index in [9.17, 15) is 8.78 Å². The monoisotopic (exact) mass is 258 g/mol. The van der Waals surface area contributed by atoms with Gasteiger partial charge in [0, 0.05) is 12.1 Å². The summed E-state index contributed by atoms with van der Waals surface area (Å²) in [4.78, 5) is 1.77. The van der Waals surface area contributed by atoms with Crippen LogP contribution in [0, 0.1) is 0 Å². The van der Waals surface area contributed by atoms with E-state index in [0.717, 1.165) is 0 Å². The van der Waals surface area contributed by atoms with Gasteiger partial charge in [0.25, 0.3) is 5.92 Å². The molecule has 0 bridgehead atoms. The van der Waals surface area contributed by atoms with Gasteiger partial charge in [-0.25, -0.2) is 0 Å². The molecule has 0 unspecified atom stereocenters. The lowest BCUT2D eigenvalue weighted by molar-refractivity contribution is -0.0334. The van der Waals surface area contributed by atoms with Crippen LogP contribution in [0.4, 0.5) is 8.78 Å². The fraction of sp³-hybridized carbons (Fsp3) is 0.417. The van der Waals surface area contributed by atoms with Crippen molar-refractivity contribution in [3.05, 3.63) is 35.9 Å². The van der Waals surface area contributed by atoms with Crippen LogP contribution < -0.4 is 5.73 Å². The second-order valence-corrected chi connectivity index (χ2v) is 4.36. The summed E-state index contributed by atoms with van der Waals surface area (Å²) < 4.78 is 27.8. The molecule has 0 aliphatic carbocycles. The summed E-state index contributed by atoms with van der Waals surface area (Å²) in [6.45, 7) is 2.14. The highest BCUT2D eigenvalue weighted by Crippen LogP contribution is 2.28. The summed E-state index contributed by atoms with van der Waals surface area (Å²) in [5.74, 6) is -2.89. The van der Waals surface area contributed by atoms with Crippen LogP contribution in [0.3, 0.4) is 0 Å². The summed E-state index contributed by atoms with van der Waals surface area (Å²) in [5.41, 5.74) is 5.39. The standard InChI is InChI=1S/C12H16F2N2S/c1-2-16(8-11(15)17)9-12(13,14)10-6-4-3-5-7-10/h3-7H,2,8-9H2,1H3,(H2,15,17). The zero-order chi connectivity index (χ0) is 12.9. The molecule has 0 atom stereocenters. The lowest BCUT2D eigenvalue weighted by Crippen LogP contribution is -2.39. The van der Waals surface area contributed by atoms with Crippen LogP contribution in [0.5, 0.6) is 0 Å². The fourth-order valence-electron chi connectivity index (χ4n) is 1.55. The van der Waals surface area contributed by atoms with Gasteiger partial charge in [0.2, 0.25) is 0 Å². The van der Waals surface area contributed by atoms with Crippen LogP contribution in [0.1, 0.15) is 12.5 Å². The van der Waals surface area contributed by atoms with Crippen LogP contribution in [-0.2, 0) is 5.92 Å². The maximum absolute atomic E-state index is 13.9. The molecular formula is C12H16F2N2S. The van der Waals surface area contributed by atoms with Crippen molar-refractivity contribution < 1.29 is 8.78 Å². The van der Waals surface area contributed by atoms with E-state index in [1.807, 2.05) is 0 Å². The SMILES string of the molecule is CCN(CC(N)=S)CC(F)(F)c1ccccc1. The number of nitrogens with two attached hydrogens (primary N) is 1. The molecule has 0 amide bonds. The Bertz CT molecular complexity index is 368. The zero-order valence-electron chi connectivity index (χ0n) is 9.70. The lowest BCUT2D eigenvalue weighted by atomic mass is 10.1. The van der Waals surface area contributed by atoms with E-state index in [1.165, 1.54) is 17.0 Å². The van der Waals surface area contributed by atoms with Gasteiger partial charge in [-0.1, -0.05) is 49.5 Å². The second-order valence-electron chi connectivity index (χ2n) is 3.84. The van der Waals surface area contributed by atoms with Crippen molar-refractivity contribution in [2.24, 2.45) is 5.73 Å². The Morgan fingerprint density at radius 2 is 1.94 bits per heavy atom. The molecule has 0 radical (unpaired) electrons. The van der Waals surface area contributed by atoms with E-state index in [1.54, 1.807) is 25.1 Å². The minimum atomic E-state index is -2.89. The van der Waals surface area contributed by atoms with Gasteiger partial charge in [-0.3, -0.25) is 4.90 Å². The molecule has 0 spiro atoms. The lowest BCUT2D eigenvalue weighted by Gasteiger charge is -2.26. The minimum absolute atomic E-state index is 0.0152. The van der Waals surface area contributed by atoms with Gasteiger partial charge >= 0.3 is 0 Å². The van der Waals surface area contributed by atoms with Gasteiger partial charge in [0.15, 0.2) is 0 Å². The third-order valence-corrected chi connectivity index (χ3v) is 2.57. The van der Waals surface area contributed by atoms with Crippen LogP contribution in [0.15, 0.2) is 30.3 Å². The Balaban J connectivity index is 2.74. The normalized spacial score (nSPS) is 11.8. The Labute approximate surface area is 105 Å². The summed E-state index contributed by atoms with van der Waals surface area (Å²) in [6, 6.07) is 7.77. The molecule has 0 saturated carbocycles. The first-order valence-electron chi connectivity index (χ1n) is 5.39. The molecule has 1 aromatic carbocycles. The third-order valence-electron chi connectivity index (χ3n) is 2.44. The van der Waals surface area contributed by atoms with Crippen molar-refractivity contribution >= 4 is 17.2 Å². The van der Waals surface area contributed by atoms with E-state index >= 15 is 0 Å². The van der Waals surface area contributed by atoms with Gasteiger partial charge in [0.1, 0.15) is 0 Å². The maximum atomic E-state index is 13.9. The molecule has 5 heteroatoms. The average molecular weight is 258 g/mol. The fourth-order valence-corrected chi connectivity index (χ4v) is 1.74. The van der Waals surface area contributed by atoms with Gasteiger partial charge in [0.05, 0.1) is 11.5 Å². The van der Waals surface area contributed by atoms with Crippen LogP contribution >= 0.6 is 12.2 Å². The van der Waals surface area contributed by atoms with Gasteiger partial charge in [-0.15, -0.1) is 0 Å². The molecule has 94 valence electrons. The van der Waals surface area contributed by atoms with Crippen LogP contribution in [0.2, 0.25) is 0 Å². The molecule has 0 aromatic heterocycles. The van der Waals surface area contributed by atoms with E-state index in [-0.39, 0.29) is 23.6 Å². The Morgan fingerprint density at radius 3 is 2.41 bits per heavy atom. The molecule has 0 heterocycles. The van der Waals surface area contributed by atoms with E-state index in [0.29, 0.717) is 6.54 Å². The zero-order valence-corrected chi connectivity index (χ0v) is 10.5. The number of thiocarbonyl (C=S) groups is 1. The van der Waals surface area contributed by atoms with Crippen molar-refractivity contribution in [2.45, 2.75) is 12.8 Å². The van der Waals surface area contributed by atoms with Crippen molar-refractivity contribution in [1.29, 1.82) is 0 Å². The first-order valence-corrected chi connectivity index (χ1v) is 5.80. The number of benzene rings is 1. The van der Waals surface area contributed by atoms with E-state index in [4.69, 9.17) is 18.0 Å². The number of hydrogen-bond acceptors (Lipinski definition) is 2. The van der Waals surface area contributed by atoms with E-state index in [2.05, 4.69) is 0 Å². The first-order chi connectivity index (χ1) is 7.95. The molecular weight excluding hydrogens is 242 g/mol. The quantitative estimate of drug-likeness (QED) is 0.794. The van der Waals surface area contributed by atoms with Crippen LogP contribution in [-0.4, -0.2) is 29.5 Å². The first kappa shape index (κ1) is 14.0. The highest BCUT2D eigenvalue weighted by atomic mass is 32.1. The molecule has 0 aliphatic rings. The number of likely N-dealkylation sites (N-methyl/N-ethyl adjacent to an activating group) is 1. The summed E-state index contributed by atoms with van der Waals surface area (Å²) >= 11 is 4.74. The molecule has 0 fully saturated rings. The van der Waals surface area contributed by atoms with E-state index < -0.39 is 5.92 Å². The molecule has 17 heavy (non-hydrogen) atoms. The van der Waals surface area contributed by atoms with Gasteiger partial charge in [-0.2, -0.15) is 8.78 Å². The van der Waals surface area contributed by atoms with Crippen molar-refractivity contribution in [2.75, 3.05) is 19.6 Å². The maximum Gasteiger partial charge on any atom is 0.285 e. The summed E-state index contributed by atoms with van der Waals surface area (Å²) in [7, 11) is 0. The largest absolute Gasteiger partial charge is 0.392 e. The number of alkyl halides is 2. The minimum Gasteiger partial charge on any atom is -0.392 e. The van der Waals surface area contributed by atoms with Crippen molar-refractivity contribution in [1.82, 2.24) is 4.90 Å². The number of rotatable bonds is 6. The number of halogens is 2. The molecule has 2 nitrogen and oxygen atoms in total. The topological polar surface area (TPSA) is 29.3 Å². The molecule has 2 N–H and O–H groups in total. The van der Waals surface area contributed by atoms with Gasteiger partial charge < -0.3 is 5.73 Å². The third kappa shape index (κ3) is 4.36. The average Bonchev–Trinajstić information content (AvgIpc) is 2.28. The predicted molar refractivity (Wildman–Crippen MR) is 69.2 cm³/mol. The number of hydrogen-bond donors (Lipinski definition) is 1. The highest BCUT2D eigenvalue weighted by molar-refractivity contribution is 7.80. The molecule has 1 aromatic rings. The Morgan fingerprint density at radius 1 is 1.35 bits per heavy atom.